The third-order valence-corrected chi connectivity index (χ3v) is 1.12. The molecule has 0 aliphatic carbocycles. The van der Waals surface area contributed by atoms with E-state index in [1.807, 2.05) is 0 Å². The lowest BCUT2D eigenvalue weighted by Crippen LogP contribution is -1.92. The second-order valence-corrected chi connectivity index (χ2v) is 1.72. The van der Waals surface area contributed by atoms with Crippen LogP contribution in [-0.4, -0.2) is 9.97 Å². The third kappa shape index (κ3) is 0.524. The summed E-state index contributed by atoms with van der Waals surface area (Å²) in [7, 11) is 0. The van der Waals surface area contributed by atoms with Crippen LogP contribution in [0.2, 0.25) is 0 Å². The third-order valence-electron chi connectivity index (χ3n) is 1.12. The van der Waals surface area contributed by atoms with Gasteiger partial charge in [-0.2, -0.15) is 0 Å². The Morgan fingerprint density at radius 1 is 1.30 bits per heavy atom. The lowest BCUT2D eigenvalue weighted by Gasteiger charge is -1.92. The summed E-state index contributed by atoms with van der Waals surface area (Å²) in [4.78, 5) is 7.48. The quantitative estimate of drug-likeness (QED) is 0.554. The number of nitrogens with zero attached hydrogens (tertiary/aromatic N) is 5. The van der Waals surface area contributed by atoms with Crippen LogP contribution in [0.5, 0.6) is 0 Å². The predicted octanol–water partition coefficient (Wildman–Crippen LogP) is 0.307. The Kier molecular flexibility index (Phi) is 0.830. The molecular formula is C4H3N6. The van der Waals surface area contributed by atoms with Gasteiger partial charge in [0.15, 0.2) is 11.5 Å². The van der Waals surface area contributed by atoms with Crippen LogP contribution < -0.4 is 11.2 Å². The molecule has 2 rings (SSSR count). The molecule has 0 saturated heterocycles. The summed E-state index contributed by atoms with van der Waals surface area (Å²) in [6.07, 6.45) is 1.33. The van der Waals surface area contributed by atoms with Gasteiger partial charge in [-0.25, -0.2) is 9.97 Å². The number of rotatable bonds is 0. The van der Waals surface area contributed by atoms with E-state index in [9.17, 15) is 0 Å². The molecule has 6 nitrogen and oxygen atoms in total. The Labute approximate surface area is 56.2 Å². The van der Waals surface area contributed by atoms with E-state index >= 15 is 0 Å². The number of hydrogen-bond acceptors (Lipinski definition) is 5. The molecule has 1 aromatic heterocycles. The van der Waals surface area contributed by atoms with E-state index in [1.165, 1.54) is 6.33 Å². The van der Waals surface area contributed by atoms with Gasteiger partial charge < -0.3 is 5.73 Å². The first-order valence-electron chi connectivity index (χ1n) is 2.60. The van der Waals surface area contributed by atoms with Crippen LogP contribution in [0.15, 0.2) is 16.7 Å². The molecule has 0 fully saturated rings. The molecule has 1 radical (unpaired) electrons. The molecule has 49 valence electrons. The highest BCUT2D eigenvalue weighted by Gasteiger charge is 2.13. The number of aromatic nitrogens is 2. The zero-order valence-corrected chi connectivity index (χ0v) is 4.89. The standard InChI is InChI=1S/C4H3N6/c5-3-2-4(7-1-6-3)9-10-8-2/h1H,(H2,5,6,7). The monoisotopic (exact) mass is 135 g/mol. The number of anilines is 1. The van der Waals surface area contributed by atoms with Crippen LogP contribution in [0, 0.1) is 0 Å². The summed E-state index contributed by atoms with van der Waals surface area (Å²) in [5.74, 6) is 0.752. The first-order valence-corrected chi connectivity index (χ1v) is 2.60. The van der Waals surface area contributed by atoms with E-state index in [0.717, 1.165) is 0 Å². The molecule has 2 heterocycles. The fraction of sp³-hybridized carbons (Fsp3) is 0. The number of nitrogens with two attached hydrogens (primary N) is 1. The van der Waals surface area contributed by atoms with Crippen LogP contribution in [0.4, 0.5) is 17.3 Å². The fourth-order valence-electron chi connectivity index (χ4n) is 0.661. The zero-order valence-electron chi connectivity index (χ0n) is 4.89. The fourth-order valence-corrected chi connectivity index (χ4v) is 0.661. The largest absolute Gasteiger partial charge is 0.382 e. The van der Waals surface area contributed by atoms with Crippen molar-refractivity contribution >= 4 is 17.3 Å². The molecule has 1 aliphatic rings. The van der Waals surface area contributed by atoms with Gasteiger partial charge in [-0.05, 0) is 5.22 Å². The van der Waals surface area contributed by atoms with Gasteiger partial charge in [-0.3, -0.25) is 0 Å². The van der Waals surface area contributed by atoms with Crippen LogP contribution in [0.3, 0.4) is 0 Å². The van der Waals surface area contributed by atoms with Crippen LogP contribution in [0.25, 0.3) is 0 Å². The van der Waals surface area contributed by atoms with Gasteiger partial charge in [0, 0.05) is 0 Å². The van der Waals surface area contributed by atoms with Crippen molar-refractivity contribution < 1.29 is 0 Å². The van der Waals surface area contributed by atoms with Crippen molar-refractivity contribution in [2.75, 3.05) is 5.73 Å². The molecule has 0 saturated carbocycles. The van der Waals surface area contributed by atoms with Crippen molar-refractivity contribution in [2.24, 2.45) is 10.3 Å². The Balaban J connectivity index is 2.67. The predicted molar refractivity (Wildman–Crippen MR) is 32.8 cm³/mol. The second kappa shape index (κ2) is 1.63. The molecular weight excluding hydrogens is 132 g/mol. The lowest BCUT2D eigenvalue weighted by molar-refractivity contribution is 0.898. The van der Waals surface area contributed by atoms with E-state index < -0.39 is 0 Å². The van der Waals surface area contributed by atoms with Gasteiger partial charge in [0.1, 0.15) is 6.33 Å². The molecule has 0 bridgehead atoms. The second-order valence-electron chi connectivity index (χ2n) is 1.72. The Bertz CT molecular complexity index is 292. The summed E-state index contributed by atoms with van der Waals surface area (Å²) < 4.78 is 0. The molecule has 0 spiro atoms. The van der Waals surface area contributed by atoms with Crippen molar-refractivity contribution in [2.45, 2.75) is 0 Å². The average molecular weight is 135 g/mol. The van der Waals surface area contributed by atoms with Gasteiger partial charge in [-0.15, -0.1) is 10.5 Å². The van der Waals surface area contributed by atoms with Gasteiger partial charge in [0.2, 0.25) is 5.82 Å². The van der Waals surface area contributed by atoms with E-state index in [-0.39, 0.29) is 0 Å². The first kappa shape index (κ1) is 5.10. The normalized spacial score (nSPS) is 12.8. The first-order chi connectivity index (χ1) is 4.88. The Morgan fingerprint density at radius 2 is 2.20 bits per heavy atom. The topological polar surface area (TPSA) is 90.6 Å². The highest BCUT2D eigenvalue weighted by atomic mass is 15.5. The average Bonchev–Trinajstić information content (AvgIpc) is 2.36. The molecule has 0 unspecified atom stereocenters. The van der Waals surface area contributed by atoms with Crippen molar-refractivity contribution in [1.29, 1.82) is 0 Å². The minimum Gasteiger partial charge on any atom is -0.382 e. The molecule has 1 aliphatic heterocycles. The lowest BCUT2D eigenvalue weighted by atomic mass is 10.4. The minimum absolute atomic E-state index is 0.315. The molecule has 0 amide bonds. The number of hydrogen-bond donors (Lipinski definition) is 1. The highest BCUT2D eigenvalue weighted by molar-refractivity contribution is 5.69. The zero-order chi connectivity index (χ0) is 6.97. The number of fused-ring (bicyclic) bond motifs is 1. The summed E-state index contributed by atoms with van der Waals surface area (Å²) in [5, 5.41) is 6.99. The van der Waals surface area contributed by atoms with Gasteiger partial charge in [0.25, 0.3) is 0 Å². The van der Waals surface area contributed by atoms with Crippen LogP contribution in [0.1, 0.15) is 0 Å². The van der Waals surface area contributed by atoms with Crippen molar-refractivity contribution in [3.05, 3.63) is 6.33 Å². The summed E-state index contributed by atoms with van der Waals surface area (Å²) in [6, 6.07) is 0. The van der Waals surface area contributed by atoms with E-state index in [2.05, 4.69) is 25.7 Å². The van der Waals surface area contributed by atoms with E-state index in [1.54, 1.807) is 0 Å². The summed E-state index contributed by atoms with van der Waals surface area (Å²) >= 11 is 0. The smallest absolute Gasteiger partial charge is 0.209 e. The molecule has 1 aromatic rings. The van der Waals surface area contributed by atoms with E-state index in [0.29, 0.717) is 17.3 Å². The summed E-state index contributed by atoms with van der Waals surface area (Å²) in [5.41, 5.74) is 9.46. The van der Waals surface area contributed by atoms with Crippen LogP contribution >= 0.6 is 0 Å². The van der Waals surface area contributed by atoms with Crippen molar-refractivity contribution in [1.82, 2.24) is 15.4 Å². The number of nitrogen functional groups attached to an aromatic ring is 1. The van der Waals surface area contributed by atoms with Gasteiger partial charge in [-0.1, -0.05) is 0 Å². The maximum atomic E-state index is 5.41. The van der Waals surface area contributed by atoms with Crippen molar-refractivity contribution in [3.8, 4) is 0 Å². The maximum absolute atomic E-state index is 5.41. The Hall–Kier alpha value is -1.72. The molecule has 10 heavy (non-hydrogen) atoms. The van der Waals surface area contributed by atoms with Gasteiger partial charge in [0.05, 0.1) is 0 Å². The van der Waals surface area contributed by atoms with E-state index in [4.69, 9.17) is 5.73 Å². The Morgan fingerprint density at radius 3 is 3.00 bits per heavy atom. The molecule has 0 aromatic carbocycles. The SMILES string of the molecule is Nc1ncnc2c1N=N[N]2. The molecule has 2 N–H and O–H groups in total. The summed E-state index contributed by atoms with van der Waals surface area (Å²) in [6.45, 7) is 0. The van der Waals surface area contributed by atoms with Crippen LogP contribution in [-0.2, 0) is 0 Å². The molecule has 6 heteroatoms. The maximum Gasteiger partial charge on any atom is 0.209 e. The van der Waals surface area contributed by atoms with Gasteiger partial charge >= 0.3 is 0 Å². The minimum atomic E-state index is 0.315. The highest BCUT2D eigenvalue weighted by Crippen LogP contribution is 2.31. The molecule has 0 atom stereocenters. The van der Waals surface area contributed by atoms with Crippen molar-refractivity contribution in [3.63, 3.8) is 0 Å².